The fourth-order valence-electron chi connectivity index (χ4n) is 1.66. The molecular formula is C15H13N2O4S2-. The number of carbonyl (C=O) groups is 1. The van der Waals surface area contributed by atoms with Crippen molar-refractivity contribution in [3.63, 3.8) is 0 Å². The third-order valence-corrected chi connectivity index (χ3v) is 4.81. The van der Waals surface area contributed by atoms with Crippen LogP contribution in [-0.2, 0) is 14.8 Å². The van der Waals surface area contributed by atoms with E-state index in [0.29, 0.717) is 5.69 Å². The summed E-state index contributed by atoms with van der Waals surface area (Å²) in [6, 6.07) is 9.18. The lowest BCUT2D eigenvalue weighted by atomic mass is 10.3. The van der Waals surface area contributed by atoms with Gasteiger partial charge in [0, 0.05) is 16.6 Å². The predicted octanol–water partition coefficient (Wildman–Crippen LogP) is 1.87. The third-order valence-electron chi connectivity index (χ3n) is 2.61. The highest BCUT2D eigenvalue weighted by Crippen LogP contribution is 2.16. The van der Waals surface area contributed by atoms with E-state index >= 15 is 0 Å². The molecule has 0 aliphatic carbocycles. The Labute approximate surface area is 137 Å². The van der Waals surface area contributed by atoms with Gasteiger partial charge in [-0.05, 0) is 54.6 Å². The van der Waals surface area contributed by atoms with Crippen molar-refractivity contribution in [2.45, 2.75) is 11.8 Å². The Morgan fingerprint density at radius 2 is 1.96 bits per heavy atom. The summed E-state index contributed by atoms with van der Waals surface area (Å²) in [6.07, 6.45) is 3.08. The lowest BCUT2D eigenvalue weighted by Gasteiger charge is -2.06. The average Bonchev–Trinajstić information content (AvgIpc) is 2.97. The molecule has 0 saturated carbocycles. The van der Waals surface area contributed by atoms with E-state index in [9.17, 15) is 18.3 Å². The molecule has 0 saturated heterocycles. The van der Waals surface area contributed by atoms with Crippen molar-refractivity contribution in [3.8, 4) is 0 Å². The fourth-order valence-corrected chi connectivity index (χ4v) is 3.20. The molecule has 1 N–H and O–H groups in total. The van der Waals surface area contributed by atoms with Crippen LogP contribution in [-0.4, -0.2) is 20.2 Å². The van der Waals surface area contributed by atoms with Gasteiger partial charge in [0.25, 0.3) is 10.0 Å². The molecule has 120 valence electrons. The van der Waals surface area contributed by atoms with E-state index in [1.54, 1.807) is 6.08 Å². The maximum Gasteiger partial charge on any atom is 0.281 e. The molecule has 0 radical (unpaired) electrons. The number of benzene rings is 1. The van der Waals surface area contributed by atoms with Gasteiger partial charge in [-0.2, -0.15) is 12.8 Å². The molecule has 2 rings (SSSR count). The first-order valence-electron chi connectivity index (χ1n) is 6.48. The van der Waals surface area contributed by atoms with Gasteiger partial charge < -0.3 is 10.4 Å². The van der Waals surface area contributed by atoms with E-state index in [2.05, 4.69) is 9.71 Å². The number of anilines is 1. The SMILES string of the molecule is CC([O-])=NS(=O)(=O)c1ccc(NC(=O)C=Cc2cccs2)cc1. The lowest BCUT2D eigenvalue weighted by molar-refractivity contribution is -0.215. The Balaban J connectivity index is 2.05. The molecule has 6 nitrogen and oxygen atoms in total. The Morgan fingerprint density at radius 3 is 2.52 bits per heavy atom. The molecule has 0 spiro atoms. The fraction of sp³-hybridized carbons (Fsp3) is 0.0667. The zero-order valence-corrected chi connectivity index (χ0v) is 13.7. The molecule has 1 heterocycles. The van der Waals surface area contributed by atoms with Crippen molar-refractivity contribution < 1.29 is 18.3 Å². The normalized spacial score (nSPS) is 12.5. The van der Waals surface area contributed by atoms with E-state index in [-0.39, 0.29) is 10.8 Å². The number of nitrogens with zero attached hydrogens (tertiary/aromatic N) is 1. The topological polar surface area (TPSA) is 98.7 Å². The maximum absolute atomic E-state index is 11.8. The van der Waals surface area contributed by atoms with Gasteiger partial charge in [0.15, 0.2) is 0 Å². The van der Waals surface area contributed by atoms with E-state index in [1.165, 1.54) is 41.7 Å². The maximum atomic E-state index is 11.8. The Morgan fingerprint density at radius 1 is 1.26 bits per heavy atom. The summed E-state index contributed by atoms with van der Waals surface area (Å²) >= 11 is 1.51. The molecule has 0 unspecified atom stereocenters. The van der Waals surface area contributed by atoms with Crippen LogP contribution in [0.1, 0.15) is 11.8 Å². The summed E-state index contributed by atoms with van der Waals surface area (Å²) in [4.78, 5) is 12.6. The van der Waals surface area contributed by atoms with Crippen molar-refractivity contribution in [3.05, 3.63) is 52.7 Å². The first-order valence-corrected chi connectivity index (χ1v) is 8.80. The number of rotatable bonds is 5. The number of nitrogens with one attached hydrogen (secondary N) is 1. The number of sulfonamides is 1. The van der Waals surface area contributed by atoms with E-state index in [4.69, 9.17) is 0 Å². The lowest BCUT2D eigenvalue weighted by Crippen LogP contribution is -2.15. The molecule has 23 heavy (non-hydrogen) atoms. The quantitative estimate of drug-likeness (QED) is 0.506. The molecule has 1 aromatic heterocycles. The second-order valence-electron chi connectivity index (χ2n) is 4.45. The van der Waals surface area contributed by atoms with Crippen LogP contribution >= 0.6 is 11.3 Å². The van der Waals surface area contributed by atoms with Crippen LogP contribution in [0.5, 0.6) is 0 Å². The standard InChI is InChI=1S/C15H14N2O4S2/c1-11(18)17-23(20,21)14-7-4-12(5-8-14)16-15(19)9-6-13-3-2-10-22-13/h2-10H,1H3,(H,16,19)(H,17,18)/p-1. The van der Waals surface area contributed by atoms with Crippen LogP contribution in [0.4, 0.5) is 5.69 Å². The smallest absolute Gasteiger partial charge is 0.281 e. The van der Waals surface area contributed by atoms with Crippen molar-refractivity contribution in [2.75, 3.05) is 5.32 Å². The third kappa shape index (κ3) is 5.04. The molecule has 1 aromatic carbocycles. The summed E-state index contributed by atoms with van der Waals surface area (Å²) < 4.78 is 26.5. The Bertz CT molecular complexity index is 832. The Hall–Kier alpha value is -2.45. The molecule has 0 fully saturated rings. The molecule has 0 atom stereocenters. The van der Waals surface area contributed by atoms with Crippen LogP contribution < -0.4 is 10.4 Å². The van der Waals surface area contributed by atoms with E-state index < -0.39 is 15.9 Å². The second-order valence-corrected chi connectivity index (χ2v) is 7.03. The zero-order chi connectivity index (χ0) is 16.9. The number of carbonyl (C=O) groups excluding carboxylic acids is 1. The largest absolute Gasteiger partial charge is 0.861 e. The molecule has 1 amide bonds. The molecule has 8 heteroatoms. The van der Waals surface area contributed by atoms with Crippen LogP contribution in [0.25, 0.3) is 6.08 Å². The number of amides is 1. The first kappa shape index (κ1) is 16.9. The highest BCUT2D eigenvalue weighted by Gasteiger charge is 2.11. The number of hydrogen-bond acceptors (Lipinski definition) is 5. The van der Waals surface area contributed by atoms with Gasteiger partial charge in [0.2, 0.25) is 5.91 Å². The van der Waals surface area contributed by atoms with Crippen molar-refractivity contribution >= 4 is 44.9 Å². The first-order chi connectivity index (χ1) is 10.9. The van der Waals surface area contributed by atoms with Crippen molar-refractivity contribution in [2.24, 2.45) is 4.40 Å². The van der Waals surface area contributed by atoms with Crippen LogP contribution in [0.15, 0.2) is 57.1 Å². The van der Waals surface area contributed by atoms with Gasteiger partial charge in [0.1, 0.15) is 0 Å². The minimum atomic E-state index is -3.99. The number of thiophene rings is 1. The zero-order valence-electron chi connectivity index (χ0n) is 12.1. The van der Waals surface area contributed by atoms with Gasteiger partial charge in [-0.15, -0.1) is 11.3 Å². The van der Waals surface area contributed by atoms with Gasteiger partial charge in [-0.25, -0.2) is 0 Å². The summed E-state index contributed by atoms with van der Waals surface area (Å²) in [7, 11) is -3.99. The van der Waals surface area contributed by atoms with Crippen LogP contribution in [0.2, 0.25) is 0 Å². The molecule has 0 bridgehead atoms. The summed E-state index contributed by atoms with van der Waals surface area (Å²) in [5.41, 5.74) is 0.438. The second kappa shape index (κ2) is 7.21. The van der Waals surface area contributed by atoms with Crippen LogP contribution in [0.3, 0.4) is 0 Å². The van der Waals surface area contributed by atoms with Gasteiger partial charge in [-0.1, -0.05) is 6.07 Å². The molecule has 2 aromatic rings. The summed E-state index contributed by atoms with van der Waals surface area (Å²) in [5.74, 6) is -1.12. The summed E-state index contributed by atoms with van der Waals surface area (Å²) in [5, 5.41) is 15.3. The molecular weight excluding hydrogens is 336 g/mol. The summed E-state index contributed by atoms with van der Waals surface area (Å²) in [6.45, 7) is 1.06. The van der Waals surface area contributed by atoms with Gasteiger partial charge in [-0.3, -0.25) is 4.79 Å². The number of hydrogen-bond donors (Lipinski definition) is 1. The van der Waals surface area contributed by atoms with Crippen molar-refractivity contribution in [1.29, 1.82) is 0 Å². The van der Waals surface area contributed by atoms with Crippen molar-refractivity contribution in [1.82, 2.24) is 0 Å². The van der Waals surface area contributed by atoms with Gasteiger partial charge >= 0.3 is 0 Å². The van der Waals surface area contributed by atoms with E-state index in [1.807, 2.05) is 17.5 Å². The molecule has 0 aliphatic rings. The minimum Gasteiger partial charge on any atom is -0.861 e. The van der Waals surface area contributed by atoms with E-state index in [0.717, 1.165) is 11.8 Å². The van der Waals surface area contributed by atoms with Crippen LogP contribution in [0, 0.1) is 0 Å². The monoisotopic (exact) mass is 349 g/mol. The highest BCUT2D eigenvalue weighted by atomic mass is 32.2. The highest BCUT2D eigenvalue weighted by molar-refractivity contribution is 7.90. The average molecular weight is 349 g/mol. The Kier molecular flexibility index (Phi) is 5.30. The predicted molar refractivity (Wildman–Crippen MR) is 88.7 cm³/mol. The van der Waals surface area contributed by atoms with Gasteiger partial charge in [0.05, 0.1) is 4.90 Å². The minimum absolute atomic E-state index is 0.111. The molecule has 0 aliphatic heterocycles.